The SMILES string of the molecule is CC(C)CC(C)N(C)C(=O)c1ccc(N(C)C)c([N+](=O)[O-])c1. The van der Waals surface area contributed by atoms with Crippen LogP contribution in [0, 0.1) is 16.0 Å². The molecule has 0 saturated carbocycles. The predicted molar refractivity (Wildman–Crippen MR) is 88.4 cm³/mol. The van der Waals surface area contributed by atoms with E-state index in [1.807, 2.05) is 6.92 Å². The van der Waals surface area contributed by atoms with Crippen molar-refractivity contribution in [2.45, 2.75) is 33.2 Å². The van der Waals surface area contributed by atoms with Crippen LogP contribution in [-0.4, -0.2) is 42.9 Å². The second kappa shape index (κ2) is 7.24. The molecule has 1 aromatic carbocycles. The van der Waals surface area contributed by atoms with Crippen molar-refractivity contribution < 1.29 is 9.72 Å². The van der Waals surface area contributed by atoms with E-state index in [2.05, 4.69) is 13.8 Å². The zero-order valence-electron chi connectivity index (χ0n) is 14.2. The van der Waals surface area contributed by atoms with E-state index in [1.165, 1.54) is 6.07 Å². The molecule has 1 unspecified atom stereocenters. The van der Waals surface area contributed by atoms with Gasteiger partial charge in [-0.2, -0.15) is 0 Å². The van der Waals surface area contributed by atoms with Crippen molar-refractivity contribution in [3.8, 4) is 0 Å². The average molecular weight is 307 g/mol. The van der Waals surface area contributed by atoms with Gasteiger partial charge < -0.3 is 9.80 Å². The van der Waals surface area contributed by atoms with E-state index in [9.17, 15) is 14.9 Å². The lowest BCUT2D eigenvalue weighted by Gasteiger charge is -2.26. The molecule has 6 heteroatoms. The van der Waals surface area contributed by atoms with E-state index >= 15 is 0 Å². The Morgan fingerprint density at radius 2 is 1.82 bits per heavy atom. The molecule has 0 aliphatic carbocycles. The molecule has 0 heterocycles. The summed E-state index contributed by atoms with van der Waals surface area (Å²) < 4.78 is 0. The highest BCUT2D eigenvalue weighted by Crippen LogP contribution is 2.28. The van der Waals surface area contributed by atoms with Crippen LogP contribution in [0.25, 0.3) is 0 Å². The van der Waals surface area contributed by atoms with E-state index in [-0.39, 0.29) is 17.6 Å². The van der Waals surface area contributed by atoms with E-state index in [1.54, 1.807) is 43.1 Å². The summed E-state index contributed by atoms with van der Waals surface area (Å²) >= 11 is 0. The van der Waals surface area contributed by atoms with Crippen LogP contribution in [0.5, 0.6) is 0 Å². The number of carbonyl (C=O) groups excluding carboxylic acids is 1. The summed E-state index contributed by atoms with van der Waals surface area (Å²) in [6.07, 6.45) is 0.889. The van der Waals surface area contributed by atoms with Crippen LogP contribution >= 0.6 is 0 Å². The number of nitro groups is 1. The zero-order valence-corrected chi connectivity index (χ0v) is 14.2. The van der Waals surface area contributed by atoms with Crippen molar-refractivity contribution in [3.05, 3.63) is 33.9 Å². The van der Waals surface area contributed by atoms with E-state index in [0.29, 0.717) is 17.2 Å². The minimum absolute atomic E-state index is 0.0548. The molecule has 0 spiro atoms. The molecule has 1 rings (SSSR count). The standard InChI is InChI=1S/C16H25N3O3/c1-11(2)9-12(3)18(6)16(20)13-7-8-14(17(4)5)15(10-13)19(21)22/h7-8,10-12H,9H2,1-6H3. The quantitative estimate of drug-likeness (QED) is 0.598. The number of rotatable bonds is 6. The molecule has 0 aliphatic rings. The third kappa shape index (κ3) is 4.19. The Bertz CT molecular complexity index is 556. The van der Waals surface area contributed by atoms with E-state index in [4.69, 9.17) is 0 Å². The minimum Gasteiger partial charge on any atom is -0.372 e. The number of nitro benzene ring substituents is 1. The van der Waals surface area contributed by atoms with Crippen molar-refractivity contribution in [2.24, 2.45) is 5.92 Å². The molecular weight excluding hydrogens is 282 g/mol. The van der Waals surface area contributed by atoms with Crippen LogP contribution in [0.3, 0.4) is 0 Å². The largest absolute Gasteiger partial charge is 0.372 e. The van der Waals surface area contributed by atoms with E-state index < -0.39 is 4.92 Å². The van der Waals surface area contributed by atoms with E-state index in [0.717, 1.165) is 6.42 Å². The molecule has 0 fully saturated rings. The van der Waals surface area contributed by atoms with Gasteiger partial charge in [0.1, 0.15) is 5.69 Å². The molecule has 1 amide bonds. The number of nitrogens with zero attached hydrogens (tertiary/aromatic N) is 3. The van der Waals surface area contributed by atoms with Crippen molar-refractivity contribution in [1.29, 1.82) is 0 Å². The van der Waals surface area contributed by atoms with Gasteiger partial charge in [-0.3, -0.25) is 14.9 Å². The van der Waals surface area contributed by atoms with Crippen LogP contribution in [0.4, 0.5) is 11.4 Å². The second-order valence-corrected chi connectivity index (χ2v) is 6.25. The normalized spacial score (nSPS) is 12.1. The van der Waals surface area contributed by atoms with Crippen molar-refractivity contribution in [2.75, 3.05) is 26.0 Å². The third-order valence-electron chi connectivity index (χ3n) is 3.69. The Kier molecular flexibility index (Phi) is 5.91. The Labute approximate surface area is 131 Å². The number of anilines is 1. The first kappa shape index (κ1) is 17.9. The van der Waals surface area contributed by atoms with Gasteiger partial charge in [-0.15, -0.1) is 0 Å². The van der Waals surface area contributed by atoms with Gasteiger partial charge in [0, 0.05) is 38.8 Å². The number of carbonyl (C=O) groups is 1. The van der Waals surface area contributed by atoms with Gasteiger partial charge in [0.05, 0.1) is 4.92 Å². The molecule has 0 aliphatic heterocycles. The fourth-order valence-electron chi connectivity index (χ4n) is 2.43. The highest BCUT2D eigenvalue weighted by Gasteiger charge is 2.23. The van der Waals surface area contributed by atoms with Crippen LogP contribution in [0.2, 0.25) is 0 Å². The molecule has 0 aromatic heterocycles. The molecule has 22 heavy (non-hydrogen) atoms. The molecule has 1 aromatic rings. The summed E-state index contributed by atoms with van der Waals surface area (Å²) in [5, 5.41) is 11.2. The molecule has 0 saturated heterocycles. The summed E-state index contributed by atoms with van der Waals surface area (Å²) in [5.41, 5.74) is 0.774. The fraction of sp³-hybridized carbons (Fsp3) is 0.562. The molecule has 122 valence electrons. The molecule has 6 nitrogen and oxygen atoms in total. The lowest BCUT2D eigenvalue weighted by atomic mass is 10.0. The van der Waals surface area contributed by atoms with Crippen molar-refractivity contribution in [3.63, 3.8) is 0 Å². The first-order valence-electron chi connectivity index (χ1n) is 7.38. The Morgan fingerprint density at radius 3 is 2.27 bits per heavy atom. The van der Waals surface area contributed by atoms with Crippen molar-refractivity contribution in [1.82, 2.24) is 4.90 Å². The van der Waals surface area contributed by atoms with Crippen LogP contribution < -0.4 is 4.90 Å². The van der Waals surface area contributed by atoms with Gasteiger partial charge in [0.25, 0.3) is 11.6 Å². The lowest BCUT2D eigenvalue weighted by molar-refractivity contribution is -0.384. The molecular formula is C16H25N3O3. The maximum Gasteiger partial charge on any atom is 0.293 e. The summed E-state index contributed by atoms with van der Waals surface area (Å²) in [6, 6.07) is 4.70. The maximum absolute atomic E-state index is 12.5. The molecule has 0 N–H and O–H groups in total. The van der Waals surface area contributed by atoms with Gasteiger partial charge in [0.2, 0.25) is 0 Å². The zero-order chi connectivity index (χ0) is 17.0. The number of amides is 1. The first-order chi connectivity index (χ1) is 10.1. The number of benzene rings is 1. The molecule has 1 atom stereocenters. The highest BCUT2D eigenvalue weighted by atomic mass is 16.6. The van der Waals surface area contributed by atoms with Gasteiger partial charge in [-0.1, -0.05) is 13.8 Å². The smallest absolute Gasteiger partial charge is 0.293 e. The molecule has 0 radical (unpaired) electrons. The summed E-state index contributed by atoms with van der Waals surface area (Å²) in [4.78, 5) is 26.6. The molecule has 0 bridgehead atoms. The number of hydrogen-bond acceptors (Lipinski definition) is 4. The fourth-order valence-corrected chi connectivity index (χ4v) is 2.43. The maximum atomic E-state index is 12.5. The van der Waals surface area contributed by atoms with Crippen LogP contribution in [0.1, 0.15) is 37.6 Å². The summed E-state index contributed by atoms with van der Waals surface area (Å²) in [5.74, 6) is 0.289. The lowest BCUT2D eigenvalue weighted by Crippen LogP contribution is -2.36. The van der Waals surface area contributed by atoms with Gasteiger partial charge in [0.15, 0.2) is 0 Å². The number of hydrogen-bond donors (Lipinski definition) is 0. The monoisotopic (exact) mass is 307 g/mol. The second-order valence-electron chi connectivity index (χ2n) is 6.25. The summed E-state index contributed by atoms with van der Waals surface area (Å²) in [7, 11) is 5.21. The topological polar surface area (TPSA) is 66.7 Å². The summed E-state index contributed by atoms with van der Waals surface area (Å²) in [6.45, 7) is 6.19. The first-order valence-corrected chi connectivity index (χ1v) is 7.38. The van der Waals surface area contributed by atoms with Gasteiger partial charge in [-0.25, -0.2) is 0 Å². The van der Waals surface area contributed by atoms with Gasteiger partial charge >= 0.3 is 0 Å². The Morgan fingerprint density at radius 1 is 1.23 bits per heavy atom. The van der Waals surface area contributed by atoms with Crippen LogP contribution in [0.15, 0.2) is 18.2 Å². The highest BCUT2D eigenvalue weighted by molar-refractivity contribution is 5.95. The van der Waals surface area contributed by atoms with Crippen molar-refractivity contribution >= 4 is 17.3 Å². The van der Waals surface area contributed by atoms with Crippen LogP contribution in [-0.2, 0) is 0 Å². The minimum atomic E-state index is -0.455. The Balaban J connectivity index is 3.09. The third-order valence-corrected chi connectivity index (χ3v) is 3.69. The predicted octanol–water partition coefficient (Wildman–Crippen LogP) is 3.17. The average Bonchev–Trinajstić information content (AvgIpc) is 2.44. The van der Waals surface area contributed by atoms with Gasteiger partial charge in [-0.05, 0) is 31.4 Å². The Hall–Kier alpha value is -2.11.